The number of aliphatic hydroxyl groups is 1. The molecule has 0 saturated carbocycles. The Morgan fingerprint density at radius 2 is 1.70 bits per heavy atom. The van der Waals surface area contributed by atoms with Crippen LogP contribution in [0, 0.1) is 17.7 Å². The van der Waals surface area contributed by atoms with E-state index < -0.39 is 40.1 Å². The Morgan fingerprint density at radius 3 is 2.32 bits per heavy atom. The molecule has 0 radical (unpaired) electrons. The molecular weight excluding hydrogens is 663 g/mol. The number of ether oxygens (including phenoxy) is 2. The molecule has 2 fully saturated rings. The van der Waals surface area contributed by atoms with Crippen LogP contribution in [0.2, 0.25) is 0 Å². The van der Waals surface area contributed by atoms with Gasteiger partial charge in [-0.3, -0.25) is 4.79 Å². The summed E-state index contributed by atoms with van der Waals surface area (Å²) in [7, 11) is -1.25. The summed E-state index contributed by atoms with van der Waals surface area (Å²) in [6, 6.07) is 4.93. The standard InChI is InChI=1S/C37H57FN4O7S/c1-25(2)42(31-12-14-41(15-13-31)50(7,46)47)32-22-29(21-30(38)23-32)20-28(5)36-27(4)9-11-34(26(3)8-10-33(43)24-35(44)49-36)48-37(45)40-18-16-39(6)17-19-40/h9,11,20-23,25-27,31,33-34,36,43H,8,10,12-19,24H2,1-7H3/b11-9-,28-20+/t26-,27+,33+,34+,36+/m1/s1. The summed E-state index contributed by atoms with van der Waals surface area (Å²) in [5.74, 6) is -1.35. The van der Waals surface area contributed by atoms with Crippen LogP contribution in [0.4, 0.5) is 14.9 Å². The number of likely N-dealkylation sites (N-methyl/N-ethyl adjacent to an activating group) is 1. The molecule has 0 aliphatic carbocycles. The van der Waals surface area contributed by atoms with Crippen LogP contribution in [-0.4, -0.2) is 123 Å². The van der Waals surface area contributed by atoms with E-state index in [1.165, 1.54) is 22.7 Å². The second-order valence-electron chi connectivity index (χ2n) is 14.7. The minimum Gasteiger partial charge on any atom is -0.457 e. The Bertz CT molecular complexity index is 1490. The van der Waals surface area contributed by atoms with Crippen molar-refractivity contribution in [1.82, 2.24) is 14.1 Å². The molecule has 1 N–H and O–H groups in total. The Hall–Kier alpha value is -3.00. The van der Waals surface area contributed by atoms with E-state index >= 15 is 4.39 Å². The fraction of sp³-hybridized carbons (Fsp3) is 0.676. The van der Waals surface area contributed by atoms with E-state index in [1.54, 1.807) is 4.90 Å². The molecule has 11 nitrogen and oxygen atoms in total. The zero-order chi connectivity index (χ0) is 36.7. The normalized spacial score (nSPS) is 28.0. The third-order valence-corrected chi connectivity index (χ3v) is 11.4. The molecule has 1 amide bonds. The molecule has 280 valence electrons. The highest BCUT2D eigenvalue weighted by molar-refractivity contribution is 7.88. The van der Waals surface area contributed by atoms with Gasteiger partial charge in [-0.05, 0) is 94.8 Å². The van der Waals surface area contributed by atoms with Crippen molar-refractivity contribution in [2.24, 2.45) is 11.8 Å². The van der Waals surface area contributed by atoms with Crippen LogP contribution in [0.5, 0.6) is 0 Å². The van der Waals surface area contributed by atoms with Crippen molar-refractivity contribution in [3.63, 3.8) is 0 Å². The number of aliphatic hydroxyl groups excluding tert-OH is 1. The number of hydrogen-bond acceptors (Lipinski definition) is 9. The highest BCUT2D eigenvalue weighted by Crippen LogP contribution is 2.31. The number of nitrogens with zero attached hydrogens (tertiary/aromatic N) is 4. The van der Waals surface area contributed by atoms with Gasteiger partial charge in [0.25, 0.3) is 0 Å². The fourth-order valence-electron chi connectivity index (χ4n) is 7.19. The number of esters is 1. The van der Waals surface area contributed by atoms with Gasteiger partial charge in [0.1, 0.15) is 18.0 Å². The minimum absolute atomic E-state index is 0.0362. The lowest BCUT2D eigenvalue weighted by molar-refractivity contribution is -0.151. The molecule has 13 heteroatoms. The van der Waals surface area contributed by atoms with Crippen molar-refractivity contribution in [2.75, 3.05) is 57.5 Å². The van der Waals surface area contributed by atoms with Gasteiger partial charge in [-0.1, -0.05) is 26.0 Å². The average Bonchev–Trinajstić information content (AvgIpc) is 3.03. The van der Waals surface area contributed by atoms with Crippen molar-refractivity contribution < 1.29 is 37.0 Å². The molecule has 1 aromatic carbocycles. The van der Waals surface area contributed by atoms with Crippen molar-refractivity contribution >= 4 is 33.8 Å². The van der Waals surface area contributed by atoms with Crippen LogP contribution in [0.25, 0.3) is 6.08 Å². The Morgan fingerprint density at radius 1 is 1.04 bits per heavy atom. The summed E-state index contributed by atoms with van der Waals surface area (Å²) >= 11 is 0. The predicted molar refractivity (Wildman–Crippen MR) is 194 cm³/mol. The molecule has 3 aliphatic rings. The minimum atomic E-state index is -3.27. The molecule has 5 atom stereocenters. The third-order valence-electron chi connectivity index (χ3n) is 10.1. The number of amides is 1. The highest BCUT2D eigenvalue weighted by atomic mass is 32.2. The summed E-state index contributed by atoms with van der Waals surface area (Å²) in [6.45, 7) is 13.4. The number of anilines is 1. The molecule has 0 aromatic heterocycles. The Kier molecular flexibility index (Phi) is 13.9. The Labute approximate surface area is 298 Å². The van der Waals surface area contributed by atoms with Crippen LogP contribution in [0.1, 0.15) is 72.3 Å². The number of benzene rings is 1. The SMILES string of the molecule is C/C(=C\c1cc(F)cc(N(C(C)C)C2CCN(S(C)(=O)=O)CC2)c1)[C@H]1OC(=O)C[C@@H](O)CC[C@@H](C)[C@@H](OC(=O)N2CCN(C)CC2)/C=C\[C@@H]1C. The van der Waals surface area contributed by atoms with Crippen molar-refractivity contribution in [3.05, 3.63) is 47.3 Å². The third kappa shape index (κ3) is 11.0. The molecule has 50 heavy (non-hydrogen) atoms. The Balaban J connectivity index is 1.58. The zero-order valence-electron chi connectivity index (χ0n) is 30.8. The largest absolute Gasteiger partial charge is 0.457 e. The molecule has 0 spiro atoms. The summed E-state index contributed by atoms with van der Waals surface area (Å²) < 4.78 is 52.9. The van der Waals surface area contributed by atoms with Gasteiger partial charge in [-0.25, -0.2) is 21.9 Å². The summed E-state index contributed by atoms with van der Waals surface area (Å²) in [5.41, 5.74) is 1.99. The first-order valence-electron chi connectivity index (χ1n) is 17.9. The van der Waals surface area contributed by atoms with Gasteiger partial charge in [0, 0.05) is 63.0 Å². The molecule has 0 unspecified atom stereocenters. The monoisotopic (exact) mass is 720 g/mol. The quantitative estimate of drug-likeness (QED) is 0.310. The maximum Gasteiger partial charge on any atom is 0.410 e. The molecule has 3 heterocycles. The van der Waals surface area contributed by atoms with Crippen molar-refractivity contribution in [1.29, 1.82) is 0 Å². The fourth-order valence-corrected chi connectivity index (χ4v) is 8.06. The number of hydrogen-bond donors (Lipinski definition) is 1. The van der Waals surface area contributed by atoms with Gasteiger partial charge in [-0.15, -0.1) is 0 Å². The maximum absolute atomic E-state index is 15.2. The maximum atomic E-state index is 15.2. The predicted octanol–water partition coefficient (Wildman–Crippen LogP) is 4.91. The topological polar surface area (TPSA) is 120 Å². The second kappa shape index (κ2) is 17.5. The number of carbonyl (C=O) groups excluding carboxylic acids is 2. The molecular formula is C37H57FN4O7S. The number of sulfonamides is 1. The lowest BCUT2D eigenvalue weighted by Crippen LogP contribution is -2.49. The van der Waals surface area contributed by atoms with E-state index in [2.05, 4.69) is 9.80 Å². The number of piperazine rings is 1. The molecule has 1 aromatic rings. The summed E-state index contributed by atoms with van der Waals surface area (Å²) in [6.07, 6.45) is 6.30. The smallest absolute Gasteiger partial charge is 0.410 e. The van der Waals surface area contributed by atoms with E-state index in [0.717, 1.165) is 13.1 Å². The van der Waals surface area contributed by atoms with Crippen LogP contribution in [0.3, 0.4) is 0 Å². The van der Waals surface area contributed by atoms with Crippen molar-refractivity contribution in [3.8, 4) is 0 Å². The molecule has 0 bridgehead atoms. The first-order chi connectivity index (χ1) is 23.5. The lowest BCUT2D eigenvalue weighted by Gasteiger charge is -2.41. The van der Waals surface area contributed by atoms with Gasteiger partial charge in [0.2, 0.25) is 10.0 Å². The first kappa shape index (κ1) is 39.8. The number of cyclic esters (lactones) is 1. The van der Waals surface area contributed by atoms with Crippen molar-refractivity contribution in [2.45, 2.75) is 97.1 Å². The molecule has 3 aliphatic heterocycles. The van der Waals surface area contributed by atoms with Gasteiger partial charge in [0.05, 0.1) is 18.8 Å². The van der Waals surface area contributed by atoms with Crippen LogP contribution in [0.15, 0.2) is 35.9 Å². The first-order valence-corrected chi connectivity index (χ1v) is 19.8. The van der Waals surface area contributed by atoms with Gasteiger partial charge in [-0.2, -0.15) is 0 Å². The number of carbonyl (C=O) groups is 2. The van der Waals surface area contributed by atoms with E-state index in [4.69, 9.17) is 9.47 Å². The zero-order valence-corrected chi connectivity index (χ0v) is 31.6. The van der Waals surface area contributed by atoms with Crippen LogP contribution < -0.4 is 4.90 Å². The van der Waals surface area contributed by atoms with Crippen LogP contribution >= 0.6 is 0 Å². The second-order valence-corrected chi connectivity index (χ2v) is 16.7. The van der Waals surface area contributed by atoms with Gasteiger partial charge in [0.15, 0.2) is 0 Å². The van der Waals surface area contributed by atoms with Gasteiger partial charge >= 0.3 is 12.1 Å². The van der Waals surface area contributed by atoms with E-state index in [-0.39, 0.29) is 36.4 Å². The number of rotatable bonds is 7. The van der Waals surface area contributed by atoms with E-state index in [1.807, 2.05) is 66.0 Å². The average molecular weight is 721 g/mol. The molecule has 2 saturated heterocycles. The summed E-state index contributed by atoms with van der Waals surface area (Å²) in [5, 5.41) is 10.7. The number of halogens is 1. The van der Waals surface area contributed by atoms with Crippen LogP contribution in [-0.2, 0) is 24.3 Å². The molecule has 4 rings (SSSR count). The highest BCUT2D eigenvalue weighted by Gasteiger charge is 2.32. The number of piperidine rings is 1. The summed E-state index contributed by atoms with van der Waals surface area (Å²) in [4.78, 5) is 32.2. The van der Waals surface area contributed by atoms with E-state index in [0.29, 0.717) is 68.7 Å². The van der Waals surface area contributed by atoms with E-state index in [9.17, 15) is 23.1 Å². The lowest BCUT2D eigenvalue weighted by atomic mass is 9.91. The van der Waals surface area contributed by atoms with Gasteiger partial charge < -0.3 is 29.3 Å².